The van der Waals surface area contributed by atoms with Crippen molar-refractivity contribution in [2.75, 3.05) is 26.1 Å². The fourth-order valence-corrected chi connectivity index (χ4v) is 2.64. The molecule has 1 N–H and O–H groups in total. The Morgan fingerprint density at radius 1 is 0.968 bits per heavy atom. The van der Waals surface area contributed by atoms with Crippen LogP contribution in [0.5, 0.6) is 0 Å². The number of nitro groups is 1. The number of anilines is 1. The minimum atomic E-state index is -1.05. The summed E-state index contributed by atoms with van der Waals surface area (Å²) >= 11 is 0. The molecule has 2 aromatic carbocycles. The number of esters is 3. The number of hydrogen-bond acceptors (Lipinski definition) is 9. The van der Waals surface area contributed by atoms with Gasteiger partial charge in [0.1, 0.15) is 5.56 Å². The maximum atomic E-state index is 12.2. The zero-order valence-corrected chi connectivity index (χ0v) is 16.8. The highest BCUT2D eigenvalue weighted by Gasteiger charge is 2.24. The van der Waals surface area contributed by atoms with E-state index in [4.69, 9.17) is 4.74 Å². The second-order valence-corrected chi connectivity index (χ2v) is 6.13. The van der Waals surface area contributed by atoms with Crippen LogP contribution in [0.15, 0.2) is 36.4 Å². The summed E-state index contributed by atoms with van der Waals surface area (Å²) in [6, 6.07) is 7.87. The van der Waals surface area contributed by atoms with Crippen molar-refractivity contribution in [3.8, 4) is 0 Å². The molecule has 0 radical (unpaired) electrons. The average molecular weight is 430 g/mol. The summed E-state index contributed by atoms with van der Waals surface area (Å²) in [7, 11) is 2.30. The Labute approximate surface area is 176 Å². The van der Waals surface area contributed by atoms with E-state index in [2.05, 4.69) is 14.8 Å². The number of carbonyl (C=O) groups is 4. The third kappa shape index (κ3) is 5.63. The second-order valence-electron chi connectivity index (χ2n) is 6.13. The van der Waals surface area contributed by atoms with Gasteiger partial charge >= 0.3 is 17.9 Å². The lowest BCUT2D eigenvalue weighted by Gasteiger charge is -2.10. The molecule has 0 spiro atoms. The average Bonchev–Trinajstić information content (AvgIpc) is 2.75. The topological polar surface area (TPSA) is 151 Å². The van der Waals surface area contributed by atoms with Crippen molar-refractivity contribution in [3.63, 3.8) is 0 Å². The van der Waals surface area contributed by atoms with Gasteiger partial charge in [-0.05, 0) is 31.2 Å². The molecule has 0 unspecified atom stereocenters. The van der Waals surface area contributed by atoms with Gasteiger partial charge in [0, 0.05) is 11.3 Å². The molecule has 162 valence electrons. The molecule has 0 aromatic heterocycles. The Morgan fingerprint density at radius 2 is 1.55 bits per heavy atom. The fourth-order valence-electron chi connectivity index (χ4n) is 2.64. The van der Waals surface area contributed by atoms with Gasteiger partial charge in [-0.3, -0.25) is 14.9 Å². The monoisotopic (exact) mass is 430 g/mol. The van der Waals surface area contributed by atoms with E-state index >= 15 is 0 Å². The van der Waals surface area contributed by atoms with Gasteiger partial charge < -0.3 is 19.5 Å². The first-order valence-corrected chi connectivity index (χ1v) is 8.70. The highest BCUT2D eigenvalue weighted by Crippen LogP contribution is 2.24. The largest absolute Gasteiger partial charge is 0.465 e. The molecule has 0 saturated carbocycles. The predicted molar refractivity (Wildman–Crippen MR) is 106 cm³/mol. The first-order valence-electron chi connectivity index (χ1n) is 8.70. The third-order valence-electron chi connectivity index (χ3n) is 4.03. The summed E-state index contributed by atoms with van der Waals surface area (Å²) in [5, 5.41) is 13.6. The molecular weight excluding hydrogens is 412 g/mol. The van der Waals surface area contributed by atoms with Gasteiger partial charge in [0.05, 0.1) is 30.3 Å². The van der Waals surface area contributed by atoms with Crippen LogP contribution in [0.1, 0.15) is 36.6 Å². The van der Waals surface area contributed by atoms with Crippen LogP contribution in [0.4, 0.5) is 11.4 Å². The SMILES string of the molecule is COC(=O)c1cc(NC(=O)COC(=O)c2cccc(C)c2[N+](=O)[O-])cc(C(=O)OC)c1. The standard InChI is InChI=1S/C20H18N2O9/c1-11-5-4-6-15(17(11)22(27)28)20(26)31-10-16(23)21-14-8-12(18(24)29-2)7-13(9-14)19(25)30-3/h4-9H,10H2,1-3H3,(H,21,23). The molecule has 11 heteroatoms. The van der Waals surface area contributed by atoms with E-state index < -0.39 is 41.0 Å². The minimum Gasteiger partial charge on any atom is -0.465 e. The number of amides is 1. The molecule has 0 aliphatic heterocycles. The lowest BCUT2D eigenvalue weighted by Crippen LogP contribution is -2.22. The molecule has 2 aromatic rings. The molecule has 31 heavy (non-hydrogen) atoms. The predicted octanol–water partition coefficient (Wildman–Crippen LogP) is 2.27. The number of aryl methyl sites for hydroxylation is 1. The van der Waals surface area contributed by atoms with E-state index in [0.29, 0.717) is 0 Å². The van der Waals surface area contributed by atoms with Gasteiger partial charge in [-0.15, -0.1) is 0 Å². The van der Waals surface area contributed by atoms with E-state index in [9.17, 15) is 29.3 Å². The molecule has 0 saturated heterocycles. The van der Waals surface area contributed by atoms with E-state index in [1.165, 1.54) is 43.3 Å². The Hall–Kier alpha value is -4.28. The van der Waals surface area contributed by atoms with Crippen molar-refractivity contribution in [1.29, 1.82) is 0 Å². The Bertz CT molecular complexity index is 1030. The lowest BCUT2D eigenvalue weighted by atomic mass is 10.1. The van der Waals surface area contributed by atoms with Gasteiger partial charge in [-0.1, -0.05) is 12.1 Å². The number of carbonyl (C=O) groups excluding carboxylic acids is 4. The number of nitro benzene ring substituents is 1. The van der Waals surface area contributed by atoms with Gasteiger partial charge in [0.15, 0.2) is 6.61 Å². The van der Waals surface area contributed by atoms with Crippen LogP contribution in [-0.2, 0) is 19.0 Å². The quantitative estimate of drug-likeness (QED) is 0.302. The molecule has 0 aliphatic carbocycles. The summed E-state index contributed by atoms with van der Waals surface area (Å²) in [5.74, 6) is -3.36. The lowest BCUT2D eigenvalue weighted by molar-refractivity contribution is -0.385. The van der Waals surface area contributed by atoms with Crippen molar-refractivity contribution in [1.82, 2.24) is 0 Å². The molecule has 2 rings (SSSR count). The van der Waals surface area contributed by atoms with Crippen LogP contribution in [0, 0.1) is 17.0 Å². The van der Waals surface area contributed by atoms with E-state index in [1.807, 2.05) is 0 Å². The van der Waals surface area contributed by atoms with E-state index in [-0.39, 0.29) is 27.9 Å². The molecule has 11 nitrogen and oxygen atoms in total. The maximum Gasteiger partial charge on any atom is 0.345 e. The second kappa shape index (κ2) is 9.96. The van der Waals surface area contributed by atoms with Crippen LogP contribution < -0.4 is 5.32 Å². The van der Waals surface area contributed by atoms with E-state index in [0.717, 1.165) is 14.2 Å². The molecule has 1 amide bonds. The summed E-state index contributed by atoms with van der Waals surface area (Å²) in [6.45, 7) is 0.703. The van der Waals surface area contributed by atoms with Crippen LogP contribution in [0.2, 0.25) is 0 Å². The number of nitrogens with one attached hydrogen (secondary N) is 1. The number of ether oxygens (including phenoxy) is 3. The Kier molecular flexibility index (Phi) is 7.39. The normalized spacial score (nSPS) is 10.0. The molecule has 0 fully saturated rings. The summed E-state index contributed by atoms with van der Waals surface area (Å²) in [4.78, 5) is 58.5. The van der Waals surface area contributed by atoms with Crippen LogP contribution in [-0.4, -0.2) is 49.6 Å². The summed E-state index contributed by atoms with van der Waals surface area (Å²) in [6.07, 6.45) is 0. The molecule has 0 heterocycles. The Balaban J connectivity index is 2.15. The molecule has 0 atom stereocenters. The molecule has 0 bridgehead atoms. The number of rotatable bonds is 7. The minimum absolute atomic E-state index is 0.0203. The number of para-hydroxylation sites is 1. The number of benzene rings is 2. The fraction of sp³-hybridized carbons (Fsp3) is 0.200. The highest BCUT2D eigenvalue weighted by atomic mass is 16.6. The van der Waals surface area contributed by atoms with Gasteiger partial charge in [0.25, 0.3) is 11.6 Å². The van der Waals surface area contributed by atoms with Crippen molar-refractivity contribution >= 4 is 35.2 Å². The molecular formula is C20H18N2O9. The molecule has 0 aliphatic rings. The maximum absolute atomic E-state index is 12.2. The number of methoxy groups -OCH3 is 2. The van der Waals surface area contributed by atoms with Gasteiger partial charge in [-0.2, -0.15) is 0 Å². The third-order valence-corrected chi connectivity index (χ3v) is 4.03. The smallest absolute Gasteiger partial charge is 0.345 e. The number of nitrogens with zero attached hydrogens (tertiary/aromatic N) is 1. The summed E-state index contributed by atoms with van der Waals surface area (Å²) < 4.78 is 14.1. The first-order chi connectivity index (χ1) is 14.7. The van der Waals surface area contributed by atoms with Gasteiger partial charge in [0.2, 0.25) is 0 Å². The van der Waals surface area contributed by atoms with E-state index in [1.54, 1.807) is 0 Å². The van der Waals surface area contributed by atoms with Crippen LogP contribution >= 0.6 is 0 Å². The Morgan fingerprint density at radius 3 is 2.06 bits per heavy atom. The van der Waals surface area contributed by atoms with Crippen LogP contribution in [0.25, 0.3) is 0 Å². The zero-order valence-electron chi connectivity index (χ0n) is 16.8. The highest BCUT2D eigenvalue weighted by molar-refractivity contribution is 6.01. The van der Waals surface area contributed by atoms with Crippen molar-refractivity contribution in [3.05, 3.63) is 68.8 Å². The van der Waals surface area contributed by atoms with Crippen LogP contribution in [0.3, 0.4) is 0 Å². The van der Waals surface area contributed by atoms with Gasteiger partial charge in [-0.25, -0.2) is 14.4 Å². The van der Waals surface area contributed by atoms with Crippen molar-refractivity contribution < 1.29 is 38.3 Å². The number of hydrogen-bond donors (Lipinski definition) is 1. The van der Waals surface area contributed by atoms with Crippen molar-refractivity contribution in [2.45, 2.75) is 6.92 Å². The zero-order chi connectivity index (χ0) is 23.1. The van der Waals surface area contributed by atoms with Crippen molar-refractivity contribution in [2.24, 2.45) is 0 Å². The first kappa shape index (κ1) is 23.0. The summed E-state index contributed by atoms with van der Waals surface area (Å²) in [5.41, 5.74) is -0.439.